The van der Waals surface area contributed by atoms with Crippen LogP contribution >= 0.6 is 35.0 Å². The van der Waals surface area contributed by atoms with Gasteiger partial charge in [0.2, 0.25) is 5.91 Å². The summed E-state index contributed by atoms with van der Waals surface area (Å²) in [6, 6.07) is 14.6. The molecule has 1 saturated heterocycles. The van der Waals surface area contributed by atoms with E-state index < -0.39 is 0 Å². The summed E-state index contributed by atoms with van der Waals surface area (Å²) in [7, 11) is 0. The lowest BCUT2D eigenvalue weighted by atomic mass is 10.2. The molecular weight excluding hydrogens is 407 g/mol. The number of anilines is 1. The van der Waals surface area contributed by atoms with Gasteiger partial charge in [0.05, 0.1) is 29.6 Å². The molecule has 2 aromatic rings. The van der Waals surface area contributed by atoms with E-state index in [0.717, 1.165) is 5.56 Å². The fourth-order valence-corrected chi connectivity index (χ4v) is 3.56. The van der Waals surface area contributed by atoms with Gasteiger partial charge in [-0.2, -0.15) is 0 Å². The molecule has 0 radical (unpaired) electrons. The molecule has 0 spiro atoms. The predicted molar refractivity (Wildman–Crippen MR) is 110 cm³/mol. The normalized spacial score (nSPS) is 15.3. The van der Waals surface area contributed by atoms with E-state index in [-0.39, 0.29) is 18.4 Å². The zero-order chi connectivity index (χ0) is 19.2. The van der Waals surface area contributed by atoms with Gasteiger partial charge in [-0.05, 0) is 23.8 Å². The second kappa shape index (κ2) is 9.12. The molecule has 2 N–H and O–H groups in total. The largest absolute Gasteiger partial charge is 0.375 e. The Labute approximate surface area is 170 Å². The number of hydrazone groups is 1. The van der Waals surface area contributed by atoms with E-state index in [1.165, 1.54) is 11.8 Å². The van der Waals surface area contributed by atoms with Gasteiger partial charge in [0.1, 0.15) is 0 Å². The van der Waals surface area contributed by atoms with Gasteiger partial charge in [0.15, 0.2) is 5.17 Å². The molecule has 0 atom stereocenters. The second-order valence-electron chi connectivity index (χ2n) is 5.66. The summed E-state index contributed by atoms with van der Waals surface area (Å²) in [5.41, 5.74) is 4.01. The average molecular weight is 423 g/mol. The van der Waals surface area contributed by atoms with Crippen LogP contribution in [0.4, 0.5) is 5.69 Å². The number of amidine groups is 1. The van der Waals surface area contributed by atoms with Crippen LogP contribution < -0.4 is 10.7 Å². The second-order valence-corrected chi connectivity index (χ2v) is 7.45. The number of benzene rings is 2. The topological polar surface area (TPSA) is 73.8 Å². The van der Waals surface area contributed by atoms with E-state index in [4.69, 9.17) is 23.2 Å². The Morgan fingerprint density at radius 2 is 1.96 bits per heavy atom. The molecule has 0 aliphatic carbocycles. The van der Waals surface area contributed by atoms with E-state index in [0.29, 0.717) is 33.2 Å². The third kappa shape index (κ3) is 5.38. The zero-order valence-electron chi connectivity index (χ0n) is 14.1. The first-order valence-electron chi connectivity index (χ1n) is 8.05. The number of hydrogen-bond acceptors (Lipinski definition) is 5. The van der Waals surface area contributed by atoms with Gasteiger partial charge in [0, 0.05) is 5.02 Å². The Morgan fingerprint density at radius 1 is 1.19 bits per heavy atom. The van der Waals surface area contributed by atoms with Crippen molar-refractivity contribution < 1.29 is 9.59 Å². The highest BCUT2D eigenvalue weighted by Crippen LogP contribution is 2.25. The minimum absolute atomic E-state index is 0.0336. The van der Waals surface area contributed by atoms with Crippen molar-refractivity contribution in [3.8, 4) is 0 Å². The van der Waals surface area contributed by atoms with Gasteiger partial charge in [-0.1, -0.05) is 65.3 Å². The van der Waals surface area contributed by atoms with Crippen LogP contribution in [0.2, 0.25) is 10.0 Å². The molecule has 1 heterocycles. The van der Waals surface area contributed by atoms with Crippen LogP contribution in [0.1, 0.15) is 5.56 Å². The summed E-state index contributed by atoms with van der Waals surface area (Å²) in [5.74, 6) is -0.100. The van der Waals surface area contributed by atoms with Crippen molar-refractivity contribution in [2.45, 2.75) is 6.54 Å². The third-order valence-corrected chi connectivity index (χ3v) is 5.21. The summed E-state index contributed by atoms with van der Waals surface area (Å²) >= 11 is 13.3. The Hall–Kier alpha value is -2.22. The number of rotatable bonds is 6. The summed E-state index contributed by atoms with van der Waals surface area (Å²) in [6.45, 7) is 0.381. The summed E-state index contributed by atoms with van der Waals surface area (Å²) in [5, 5.41) is 8.44. The van der Waals surface area contributed by atoms with Crippen molar-refractivity contribution in [1.29, 1.82) is 0 Å². The molecule has 0 bridgehead atoms. The first-order chi connectivity index (χ1) is 13.0. The Morgan fingerprint density at radius 3 is 2.74 bits per heavy atom. The molecule has 3 rings (SSSR count). The first kappa shape index (κ1) is 19.5. The third-order valence-electron chi connectivity index (χ3n) is 3.68. The highest BCUT2D eigenvalue weighted by Gasteiger charge is 2.28. The Kier molecular flexibility index (Phi) is 6.60. The standard InChI is InChI=1S/C18H16Cl2N4O2S/c19-13-6-7-14(20)15(8-13)21-9-16(25)22-23-18-24(17(26)11-27-18)10-12-4-2-1-3-5-12/h1-8,21H,9-11H2,(H,22,25)/b23-18-. The van der Waals surface area contributed by atoms with Gasteiger partial charge in [-0.3, -0.25) is 14.5 Å². The number of thioether (sulfide) groups is 1. The van der Waals surface area contributed by atoms with E-state index in [2.05, 4.69) is 15.8 Å². The molecular formula is C18H16Cl2N4O2S. The average Bonchev–Trinajstić information content (AvgIpc) is 3.01. The summed E-state index contributed by atoms with van der Waals surface area (Å²) in [4.78, 5) is 25.7. The van der Waals surface area contributed by atoms with Gasteiger partial charge in [-0.15, -0.1) is 5.10 Å². The van der Waals surface area contributed by atoms with Crippen molar-refractivity contribution in [3.05, 3.63) is 64.1 Å². The molecule has 140 valence electrons. The van der Waals surface area contributed by atoms with Crippen molar-refractivity contribution in [1.82, 2.24) is 10.3 Å². The Balaban J connectivity index is 1.57. The number of carbonyl (C=O) groups excluding carboxylic acids is 2. The molecule has 2 aromatic carbocycles. The maximum atomic E-state index is 12.1. The highest BCUT2D eigenvalue weighted by molar-refractivity contribution is 8.15. The molecule has 27 heavy (non-hydrogen) atoms. The van der Waals surface area contributed by atoms with E-state index in [1.807, 2.05) is 30.3 Å². The smallest absolute Gasteiger partial charge is 0.259 e. The van der Waals surface area contributed by atoms with Crippen LogP contribution in [0.15, 0.2) is 53.6 Å². The quantitative estimate of drug-likeness (QED) is 0.697. The Bertz CT molecular complexity index is 877. The molecule has 1 aliphatic heterocycles. The lowest BCUT2D eigenvalue weighted by Crippen LogP contribution is -2.32. The fourth-order valence-electron chi connectivity index (χ4n) is 2.36. The first-order valence-corrected chi connectivity index (χ1v) is 9.79. The number of nitrogens with zero attached hydrogens (tertiary/aromatic N) is 2. The highest BCUT2D eigenvalue weighted by atomic mass is 35.5. The maximum absolute atomic E-state index is 12.1. The maximum Gasteiger partial charge on any atom is 0.259 e. The number of nitrogens with one attached hydrogen (secondary N) is 2. The minimum Gasteiger partial charge on any atom is -0.375 e. The van der Waals surface area contributed by atoms with E-state index in [9.17, 15) is 9.59 Å². The summed E-state index contributed by atoms with van der Waals surface area (Å²) < 4.78 is 0. The fraction of sp³-hybridized carbons (Fsp3) is 0.167. The summed E-state index contributed by atoms with van der Waals surface area (Å²) in [6.07, 6.45) is 0. The molecule has 0 unspecified atom stereocenters. The SMILES string of the molecule is O=C(CNc1cc(Cl)ccc1Cl)N/N=C1\SCC(=O)N1Cc1ccccc1. The van der Waals surface area contributed by atoms with Gasteiger partial charge in [0.25, 0.3) is 5.91 Å². The van der Waals surface area contributed by atoms with Gasteiger partial charge in [-0.25, -0.2) is 5.43 Å². The van der Waals surface area contributed by atoms with Crippen LogP contribution in [0.25, 0.3) is 0 Å². The van der Waals surface area contributed by atoms with Crippen molar-refractivity contribution >= 4 is 57.6 Å². The van der Waals surface area contributed by atoms with E-state index >= 15 is 0 Å². The molecule has 0 aromatic heterocycles. The number of carbonyl (C=O) groups is 2. The molecule has 6 nitrogen and oxygen atoms in total. The van der Waals surface area contributed by atoms with Crippen LogP contribution in [0.3, 0.4) is 0 Å². The molecule has 9 heteroatoms. The van der Waals surface area contributed by atoms with Crippen molar-refractivity contribution in [2.24, 2.45) is 5.10 Å². The lowest BCUT2D eigenvalue weighted by molar-refractivity contribution is -0.124. The predicted octanol–water partition coefficient (Wildman–Crippen LogP) is 3.57. The lowest BCUT2D eigenvalue weighted by Gasteiger charge is -2.16. The monoisotopic (exact) mass is 422 g/mol. The number of amides is 2. The van der Waals surface area contributed by atoms with Crippen LogP contribution in [-0.2, 0) is 16.1 Å². The van der Waals surface area contributed by atoms with Crippen molar-refractivity contribution in [3.63, 3.8) is 0 Å². The van der Waals surface area contributed by atoms with Crippen LogP contribution in [0, 0.1) is 0 Å². The molecule has 0 saturated carbocycles. The zero-order valence-corrected chi connectivity index (χ0v) is 16.4. The van der Waals surface area contributed by atoms with Crippen LogP contribution in [0.5, 0.6) is 0 Å². The minimum atomic E-state index is -0.363. The van der Waals surface area contributed by atoms with Gasteiger partial charge >= 0.3 is 0 Å². The van der Waals surface area contributed by atoms with E-state index in [1.54, 1.807) is 23.1 Å². The van der Waals surface area contributed by atoms with Crippen molar-refractivity contribution in [2.75, 3.05) is 17.6 Å². The van der Waals surface area contributed by atoms with Gasteiger partial charge < -0.3 is 5.32 Å². The molecule has 2 amide bonds. The number of halogens is 2. The van der Waals surface area contributed by atoms with Crippen LogP contribution in [-0.4, -0.2) is 34.2 Å². The molecule has 1 fully saturated rings. The molecule has 1 aliphatic rings. The number of hydrogen-bond donors (Lipinski definition) is 2.